The van der Waals surface area contributed by atoms with Crippen LogP contribution in [0.4, 0.5) is 4.39 Å². The largest absolute Gasteiger partial charge is 0.490 e. The van der Waals surface area contributed by atoms with E-state index in [1.165, 1.54) is 12.4 Å². The summed E-state index contributed by atoms with van der Waals surface area (Å²) >= 11 is 0. The van der Waals surface area contributed by atoms with Crippen molar-refractivity contribution < 1.29 is 23.3 Å². The number of nitrogens with two attached hydrogens (primary N) is 1. The molecule has 3 rings (SSSR count). The zero-order chi connectivity index (χ0) is 32.2. The molecule has 0 radical (unpaired) electrons. The Labute approximate surface area is 255 Å². The standard InChI is InChI=1S/C23H35N5O4.C3H5F.3C2H6/c1-4-25-15-19-23(26-17-24)32-20-14-22(30-5-2)21(13-18(20)16-27(19)3)31-10-6-7-28-8-11-29-12-9-28;1-2-3-4;3*1-2/h4,13-14,17,25H,1,5-12,15-16H2,2-3H3,(H2,24,26);2H,1,3H2;3*1-2H3. The number of aliphatic imine (C=N–C) groups is 1. The summed E-state index contributed by atoms with van der Waals surface area (Å²) in [6.45, 7) is 27.2. The number of benzene rings is 1. The molecule has 2 aliphatic heterocycles. The lowest BCUT2D eigenvalue weighted by Crippen LogP contribution is -2.37. The first-order chi connectivity index (χ1) is 20.6. The van der Waals surface area contributed by atoms with E-state index < -0.39 is 6.67 Å². The molecule has 0 aliphatic carbocycles. The molecule has 2 heterocycles. The summed E-state index contributed by atoms with van der Waals surface area (Å²) in [6.07, 6.45) is 5.02. The lowest BCUT2D eigenvalue weighted by atomic mass is 10.1. The first kappa shape index (κ1) is 40.9. The summed E-state index contributed by atoms with van der Waals surface area (Å²) in [5.41, 5.74) is 7.42. The predicted octanol–water partition coefficient (Wildman–Crippen LogP) is 6.12. The number of hydrogen-bond acceptors (Lipinski definition) is 8. The first-order valence-electron chi connectivity index (χ1n) is 15.2. The van der Waals surface area contributed by atoms with Crippen LogP contribution in [0.2, 0.25) is 0 Å². The fraction of sp³-hybridized carbons (Fsp3) is 0.594. The van der Waals surface area contributed by atoms with E-state index in [1.54, 1.807) is 6.20 Å². The summed E-state index contributed by atoms with van der Waals surface area (Å²) in [5, 5.41) is 3.10. The van der Waals surface area contributed by atoms with Crippen LogP contribution < -0.4 is 25.3 Å². The highest BCUT2D eigenvalue weighted by Gasteiger charge is 2.23. The van der Waals surface area contributed by atoms with Gasteiger partial charge >= 0.3 is 0 Å². The van der Waals surface area contributed by atoms with E-state index >= 15 is 0 Å². The van der Waals surface area contributed by atoms with Gasteiger partial charge < -0.3 is 34.9 Å². The van der Waals surface area contributed by atoms with Gasteiger partial charge in [-0.2, -0.15) is 0 Å². The van der Waals surface area contributed by atoms with Gasteiger partial charge in [-0.15, -0.1) is 6.58 Å². The lowest BCUT2D eigenvalue weighted by Gasteiger charge is -2.26. The van der Waals surface area contributed by atoms with Crippen molar-refractivity contribution in [2.45, 2.75) is 61.4 Å². The molecule has 0 unspecified atom stereocenters. The third kappa shape index (κ3) is 15.7. The molecule has 0 amide bonds. The van der Waals surface area contributed by atoms with E-state index in [2.05, 4.69) is 33.3 Å². The molecule has 1 saturated heterocycles. The van der Waals surface area contributed by atoms with Gasteiger partial charge in [0, 0.05) is 44.9 Å². The van der Waals surface area contributed by atoms with E-state index in [1.807, 2.05) is 67.6 Å². The van der Waals surface area contributed by atoms with Gasteiger partial charge in [0.2, 0.25) is 5.88 Å². The van der Waals surface area contributed by atoms with Crippen molar-refractivity contribution >= 4 is 6.34 Å². The molecule has 10 heteroatoms. The van der Waals surface area contributed by atoms with Gasteiger partial charge in [0.25, 0.3) is 0 Å². The molecule has 1 fully saturated rings. The second-order valence-electron chi connectivity index (χ2n) is 8.01. The summed E-state index contributed by atoms with van der Waals surface area (Å²) in [5.74, 6) is 2.49. The second-order valence-corrected chi connectivity index (χ2v) is 8.01. The summed E-state index contributed by atoms with van der Waals surface area (Å²) < 4.78 is 34.2. The molecule has 1 aromatic rings. The Morgan fingerprint density at radius 1 is 1.07 bits per heavy atom. The second kappa shape index (κ2) is 27.9. The molecule has 3 N–H and O–H groups in total. The highest BCUT2D eigenvalue weighted by Crippen LogP contribution is 2.39. The van der Waals surface area contributed by atoms with Gasteiger partial charge in [-0.3, -0.25) is 4.90 Å². The maximum atomic E-state index is 10.6. The van der Waals surface area contributed by atoms with Gasteiger partial charge in [-0.25, -0.2) is 9.38 Å². The predicted molar refractivity (Wildman–Crippen MR) is 175 cm³/mol. The van der Waals surface area contributed by atoms with Gasteiger partial charge in [0.1, 0.15) is 12.4 Å². The number of alkyl halides is 1. The molecule has 0 aromatic heterocycles. The van der Waals surface area contributed by atoms with Crippen LogP contribution in [0.3, 0.4) is 0 Å². The molecule has 9 nitrogen and oxygen atoms in total. The molecular formula is C32H58FN5O4. The number of rotatable bonds is 12. The Hall–Kier alpha value is -3.24. The van der Waals surface area contributed by atoms with Crippen LogP contribution in [0, 0.1) is 0 Å². The lowest BCUT2D eigenvalue weighted by molar-refractivity contribution is 0.0357. The third-order valence-corrected chi connectivity index (χ3v) is 5.44. The Bertz CT molecular complexity index is 890. The topological polar surface area (TPSA) is 93.8 Å². The quantitative estimate of drug-likeness (QED) is 0.129. The van der Waals surface area contributed by atoms with Crippen LogP contribution in [-0.4, -0.2) is 82.5 Å². The minimum atomic E-state index is -0.417. The normalized spacial score (nSPS) is 14.0. The first-order valence-corrected chi connectivity index (χ1v) is 15.2. The van der Waals surface area contributed by atoms with Crippen molar-refractivity contribution in [3.63, 3.8) is 0 Å². The molecule has 42 heavy (non-hydrogen) atoms. The van der Waals surface area contributed by atoms with Crippen molar-refractivity contribution in [1.29, 1.82) is 0 Å². The molecule has 0 saturated carbocycles. The number of nitrogens with zero attached hydrogens (tertiary/aromatic N) is 3. The molecular weight excluding hydrogens is 537 g/mol. The van der Waals surface area contributed by atoms with Crippen LogP contribution in [-0.2, 0) is 11.3 Å². The van der Waals surface area contributed by atoms with Crippen LogP contribution in [0.25, 0.3) is 0 Å². The molecule has 0 bridgehead atoms. The monoisotopic (exact) mass is 595 g/mol. The number of fused-ring (bicyclic) bond motifs is 1. The van der Waals surface area contributed by atoms with Crippen molar-refractivity contribution in [2.24, 2.45) is 10.7 Å². The number of halogens is 1. The molecule has 242 valence electrons. The van der Waals surface area contributed by atoms with E-state index in [-0.39, 0.29) is 0 Å². The number of hydrogen-bond donors (Lipinski definition) is 2. The Morgan fingerprint density at radius 3 is 2.24 bits per heavy atom. The van der Waals surface area contributed by atoms with E-state index in [4.69, 9.17) is 24.7 Å². The minimum absolute atomic E-state index is 0.417. The average molecular weight is 596 g/mol. The minimum Gasteiger partial charge on any atom is -0.490 e. The zero-order valence-electron chi connectivity index (χ0n) is 27.5. The Morgan fingerprint density at radius 2 is 1.69 bits per heavy atom. The van der Waals surface area contributed by atoms with Crippen molar-refractivity contribution in [3.8, 4) is 17.2 Å². The van der Waals surface area contributed by atoms with Gasteiger partial charge in [0.05, 0.1) is 45.0 Å². The molecule has 0 atom stereocenters. The van der Waals surface area contributed by atoms with Crippen LogP contribution in [0.5, 0.6) is 17.2 Å². The fourth-order valence-corrected chi connectivity index (χ4v) is 3.70. The number of morpholine rings is 1. The number of allylic oxidation sites excluding steroid dienone is 1. The van der Waals surface area contributed by atoms with E-state index in [0.717, 1.165) is 56.3 Å². The summed E-state index contributed by atoms with van der Waals surface area (Å²) in [4.78, 5) is 8.72. The maximum Gasteiger partial charge on any atom is 0.242 e. The Kier molecular flexibility index (Phi) is 27.2. The number of likely N-dealkylation sites (N-methyl/N-ethyl adjacent to an activating group) is 1. The third-order valence-electron chi connectivity index (χ3n) is 5.44. The van der Waals surface area contributed by atoms with Gasteiger partial charge in [0.15, 0.2) is 11.5 Å². The zero-order valence-corrected chi connectivity index (χ0v) is 27.5. The molecule has 0 spiro atoms. The SMILES string of the molecule is C=CCF.C=CNCC1=C(/N=C\N)Oc2cc(OCC)c(OCCCN3CCOCC3)cc2CN1C.CC.CC.CC. The van der Waals surface area contributed by atoms with Crippen LogP contribution in [0.15, 0.2) is 54.1 Å². The molecule has 1 aromatic carbocycles. The van der Waals surface area contributed by atoms with Crippen molar-refractivity contribution in [2.75, 3.05) is 66.3 Å². The molecule has 2 aliphatic rings. The van der Waals surface area contributed by atoms with Gasteiger partial charge in [-0.05, 0) is 25.6 Å². The highest BCUT2D eigenvalue weighted by atomic mass is 19.1. The van der Waals surface area contributed by atoms with E-state index in [9.17, 15) is 4.39 Å². The van der Waals surface area contributed by atoms with Gasteiger partial charge in [-0.1, -0.05) is 54.2 Å². The highest BCUT2D eigenvalue weighted by molar-refractivity contribution is 5.55. The summed E-state index contributed by atoms with van der Waals surface area (Å²) in [7, 11) is 1.99. The van der Waals surface area contributed by atoms with Crippen molar-refractivity contribution in [3.05, 3.63) is 54.7 Å². The number of nitrogens with one attached hydrogen (secondary N) is 1. The Balaban J connectivity index is 0. The summed E-state index contributed by atoms with van der Waals surface area (Å²) in [6, 6.07) is 3.87. The van der Waals surface area contributed by atoms with Crippen LogP contribution in [0.1, 0.15) is 60.5 Å². The maximum absolute atomic E-state index is 10.6. The smallest absolute Gasteiger partial charge is 0.242 e. The van der Waals surface area contributed by atoms with E-state index in [0.29, 0.717) is 43.7 Å². The average Bonchev–Trinajstić information content (AvgIpc) is 3.17. The van der Waals surface area contributed by atoms with Crippen LogP contribution >= 0.6 is 0 Å². The van der Waals surface area contributed by atoms with Crippen molar-refractivity contribution in [1.82, 2.24) is 15.1 Å². The fourth-order valence-electron chi connectivity index (χ4n) is 3.70. The number of ether oxygens (including phenoxy) is 4.